The van der Waals surface area contributed by atoms with Crippen molar-refractivity contribution >= 4 is 68.3 Å². The van der Waals surface area contributed by atoms with Crippen LogP contribution < -0.4 is 67.3 Å². The zero-order valence-corrected chi connectivity index (χ0v) is 55.8. The highest BCUT2D eigenvalue weighted by atomic mass is 79.9. The van der Waals surface area contributed by atoms with Crippen LogP contribution in [0.1, 0.15) is 42.5 Å². The van der Waals surface area contributed by atoms with Crippen molar-refractivity contribution in [3.63, 3.8) is 0 Å². The maximum Gasteiger partial charge on any atom is 0.498 e. The maximum atomic E-state index is 14.1. The predicted octanol–water partition coefficient (Wildman–Crippen LogP) is 13.2. The summed E-state index contributed by atoms with van der Waals surface area (Å²) in [6.07, 6.45) is 2.14. The van der Waals surface area contributed by atoms with Crippen LogP contribution in [-0.2, 0) is 40.0 Å². The van der Waals surface area contributed by atoms with Crippen molar-refractivity contribution in [2.45, 2.75) is 53.8 Å². The fraction of sp³-hybridized carbons (Fsp3) is 0.206. The van der Waals surface area contributed by atoms with Gasteiger partial charge in [0.2, 0.25) is 11.1 Å². The smallest absolute Gasteiger partial charge is 0.494 e. The van der Waals surface area contributed by atoms with E-state index in [1.165, 1.54) is 94.7 Å². The first-order valence-corrected chi connectivity index (χ1v) is 29.3. The molecule has 524 valence electrons. The summed E-state index contributed by atoms with van der Waals surface area (Å²) in [5.41, 5.74) is 12.7. The summed E-state index contributed by atoms with van der Waals surface area (Å²) >= 11 is 7.85. The van der Waals surface area contributed by atoms with Crippen LogP contribution in [0.25, 0.3) is 22.5 Å². The van der Waals surface area contributed by atoms with E-state index in [1.807, 2.05) is 27.7 Å². The highest BCUT2D eigenvalue weighted by molar-refractivity contribution is 9.10. The molecule has 1 amide bonds. The number of halogens is 8. The Balaban J connectivity index is 0.000000281. The molecule has 0 radical (unpaired) electrons. The molecule has 5 N–H and O–H groups in total. The van der Waals surface area contributed by atoms with Crippen molar-refractivity contribution in [3.8, 4) is 74.3 Å². The SMILES string of the molecule is C.C.C=CC(=O)Cl.C=CC(=O)Nc1ccc(Oc2ccc(F)cc2F)c(-c2nn(C)c(=O)cc2OC)c1.CC1(C)OB(c2cc(N)ccc2Oc2ccc(F)cc2F)OC1(C)C.COc1cc(=O)n(C)nc1-c1cc(N)ccc1Oc1ccc(F)cc1F.COc1cc(=O)n(C)nc1Br. The van der Waals surface area contributed by atoms with Gasteiger partial charge in [0.15, 0.2) is 56.6 Å². The Morgan fingerprint density at radius 1 is 0.525 bits per heavy atom. The number of nitrogens with one attached hydrogen (secondary N) is 1. The number of nitrogens with two attached hydrogens (primary N) is 2. The van der Waals surface area contributed by atoms with Crippen LogP contribution in [0, 0.1) is 34.9 Å². The van der Waals surface area contributed by atoms with Crippen molar-refractivity contribution in [1.29, 1.82) is 0 Å². The molecule has 22 nitrogen and oxygen atoms in total. The van der Waals surface area contributed by atoms with E-state index < -0.39 is 69.9 Å². The molecule has 0 atom stereocenters. The molecule has 10 rings (SSSR count). The summed E-state index contributed by atoms with van der Waals surface area (Å²) in [5.74, 6) is -4.10. The van der Waals surface area contributed by atoms with E-state index >= 15 is 0 Å². The van der Waals surface area contributed by atoms with E-state index in [-0.39, 0.29) is 71.9 Å². The van der Waals surface area contributed by atoms with E-state index in [0.29, 0.717) is 61.5 Å². The molecule has 3 aromatic heterocycles. The number of aromatic nitrogens is 6. The number of carbonyl (C=O) groups is 2. The molecule has 0 unspecified atom stereocenters. The highest BCUT2D eigenvalue weighted by Gasteiger charge is 2.52. The van der Waals surface area contributed by atoms with Gasteiger partial charge in [-0.1, -0.05) is 28.0 Å². The lowest BCUT2D eigenvalue weighted by Crippen LogP contribution is -2.41. The number of anilines is 3. The molecule has 0 bridgehead atoms. The number of rotatable bonds is 15. The predicted molar refractivity (Wildman–Crippen MR) is 370 cm³/mol. The lowest BCUT2D eigenvalue weighted by molar-refractivity contribution is -0.112. The number of benzene rings is 6. The Kier molecular flexibility index (Phi) is 29.0. The lowest BCUT2D eigenvalue weighted by atomic mass is 9.78. The number of nitrogens with zero attached hydrogens (tertiary/aromatic N) is 6. The average Bonchev–Trinajstić information content (AvgIpc) is 1.68. The number of methoxy groups -OCH3 is 3. The molecule has 31 heteroatoms. The highest BCUT2D eigenvalue weighted by Crippen LogP contribution is 2.42. The lowest BCUT2D eigenvalue weighted by Gasteiger charge is -2.32. The van der Waals surface area contributed by atoms with Gasteiger partial charge in [-0.05, 0) is 158 Å². The Labute approximate surface area is 579 Å². The molecule has 99 heavy (non-hydrogen) atoms. The summed E-state index contributed by atoms with van der Waals surface area (Å²) in [6.45, 7) is 14.2. The van der Waals surface area contributed by atoms with Crippen LogP contribution in [0.2, 0.25) is 0 Å². The van der Waals surface area contributed by atoms with Crippen LogP contribution >= 0.6 is 27.5 Å². The van der Waals surface area contributed by atoms with Gasteiger partial charge in [0.25, 0.3) is 16.7 Å². The summed E-state index contributed by atoms with van der Waals surface area (Å²) < 4.78 is 130. The summed E-state index contributed by atoms with van der Waals surface area (Å²) in [4.78, 5) is 55.8. The third kappa shape index (κ3) is 21.4. The quantitative estimate of drug-likeness (QED) is 0.0283. The molecule has 9 aromatic rings. The minimum Gasteiger partial charge on any atom is -0.494 e. The minimum atomic E-state index is -0.898. The Hall–Kier alpha value is -10.7. The maximum absolute atomic E-state index is 14.1. The second-order valence-corrected chi connectivity index (χ2v) is 22.2. The van der Waals surface area contributed by atoms with Gasteiger partial charge in [0.1, 0.15) is 46.1 Å². The average molecular weight is 1460 g/mol. The molecule has 1 saturated heterocycles. The first-order valence-electron chi connectivity index (χ1n) is 28.2. The number of amides is 1. The summed E-state index contributed by atoms with van der Waals surface area (Å²) in [5, 5.41) is 14.3. The second kappa shape index (κ2) is 35.5. The van der Waals surface area contributed by atoms with Crippen LogP contribution in [-0.4, -0.2) is 80.1 Å². The molecule has 0 aliphatic carbocycles. The van der Waals surface area contributed by atoms with Crippen molar-refractivity contribution in [2.75, 3.05) is 38.1 Å². The number of ether oxygens (including phenoxy) is 6. The number of hydrogen-bond donors (Lipinski definition) is 3. The van der Waals surface area contributed by atoms with Gasteiger partial charge in [-0.2, -0.15) is 15.3 Å². The summed E-state index contributed by atoms with van der Waals surface area (Å²) in [6, 6.07) is 27.0. The van der Waals surface area contributed by atoms with Crippen molar-refractivity contribution in [3.05, 3.63) is 223 Å². The number of nitrogen functional groups attached to an aromatic ring is 2. The van der Waals surface area contributed by atoms with Gasteiger partial charge in [-0.3, -0.25) is 24.0 Å². The molecule has 4 heterocycles. The van der Waals surface area contributed by atoms with Gasteiger partial charge in [0.05, 0.1) is 43.7 Å². The van der Waals surface area contributed by atoms with E-state index in [4.69, 9.17) is 60.8 Å². The van der Waals surface area contributed by atoms with Crippen LogP contribution in [0.15, 0.2) is 172 Å². The standard InChI is InChI=1S/C21H17F2N3O4.C18H20BF2NO3.C18H15F2N3O3.C6H7BrN2O2.C3H3ClO.2CH4/c1-4-19(27)24-13-6-8-16(30-17-7-5-12(22)9-15(17)23)14(10-13)21-18(29-3)11-20(28)26(2)25-21;1-17(2)18(3,4)25-19(24-17)13-10-12(22)6-8-15(13)23-16-7-5-11(20)9-14(16)21;1-23-17(24)9-16(25-2)18(22-23)12-8-11(21)4-6-14(12)26-15-5-3-10(19)7-13(15)20;1-9-5(10)3-4(11-2)6(7)8-9;1-2-3(4)5;;/h4-11H,1H2,2-3H3,(H,24,27);5-10H,22H2,1-4H3;3-9H,21H2,1-2H3;3H,1-2H3;2H,1H2;2*1H4. The van der Waals surface area contributed by atoms with E-state index in [0.717, 1.165) is 57.9 Å². The normalized spacial score (nSPS) is 12.0. The Bertz CT molecular complexity index is 4590. The van der Waals surface area contributed by atoms with E-state index in [1.54, 1.807) is 37.4 Å². The zero-order chi connectivity index (χ0) is 71.8. The molecule has 6 aromatic carbocycles. The monoisotopic (exact) mass is 1460 g/mol. The largest absolute Gasteiger partial charge is 0.498 e. The molecule has 1 aliphatic rings. The third-order valence-corrected chi connectivity index (χ3v) is 14.5. The summed E-state index contributed by atoms with van der Waals surface area (Å²) in [7, 11) is 8.04. The van der Waals surface area contributed by atoms with Crippen LogP contribution in [0.4, 0.5) is 43.4 Å². The van der Waals surface area contributed by atoms with Crippen LogP contribution in [0.5, 0.6) is 51.7 Å². The van der Waals surface area contributed by atoms with Gasteiger partial charge in [-0.15, -0.1) is 0 Å². The van der Waals surface area contributed by atoms with Gasteiger partial charge in [-0.25, -0.2) is 40.4 Å². The van der Waals surface area contributed by atoms with Gasteiger partial charge in [0, 0.05) is 80.1 Å². The van der Waals surface area contributed by atoms with E-state index in [9.17, 15) is 50.3 Å². The van der Waals surface area contributed by atoms with Crippen molar-refractivity contribution in [1.82, 2.24) is 29.3 Å². The van der Waals surface area contributed by atoms with Gasteiger partial charge < -0.3 is 54.5 Å². The Morgan fingerprint density at radius 2 is 0.879 bits per heavy atom. The first kappa shape index (κ1) is 80.7. The molecular weight excluding hydrogens is 1390 g/mol. The minimum absolute atomic E-state index is 0. The Morgan fingerprint density at radius 3 is 1.27 bits per heavy atom. The van der Waals surface area contributed by atoms with Crippen molar-refractivity contribution in [2.24, 2.45) is 21.1 Å². The first-order chi connectivity index (χ1) is 45.7. The number of hydrogen-bond acceptors (Lipinski definition) is 18. The molecule has 1 aliphatic heterocycles. The van der Waals surface area contributed by atoms with Crippen LogP contribution in [0.3, 0.4) is 0 Å². The molecular formula is C68H70BBrClF6N9O13. The van der Waals surface area contributed by atoms with Crippen molar-refractivity contribution < 1.29 is 73.7 Å². The van der Waals surface area contributed by atoms with E-state index in [2.05, 4.69) is 49.7 Å². The second-order valence-electron chi connectivity index (χ2n) is 21.1. The molecule has 1 fully saturated rings. The topological polar surface area (TPSA) is 277 Å². The fourth-order valence-electron chi connectivity index (χ4n) is 8.11. The number of aryl methyl sites for hydroxylation is 3. The molecule has 0 saturated carbocycles. The fourth-order valence-corrected chi connectivity index (χ4v) is 8.62. The molecule has 0 spiro atoms. The zero-order valence-electron chi connectivity index (χ0n) is 53.4. The number of carbonyl (C=O) groups excluding carboxylic acids is 2. The third-order valence-electron chi connectivity index (χ3n) is 13.8. The number of allylic oxidation sites excluding steroid dienone is 1. The van der Waals surface area contributed by atoms with Gasteiger partial charge >= 0.3 is 7.12 Å².